The SMILES string of the molecule is CCN1CCN(c2cc(CNC(C)(C)C)ccn2)CC1C. The normalized spacial score (nSPS) is 20.8. The lowest BCUT2D eigenvalue weighted by molar-refractivity contribution is 0.199. The average Bonchev–Trinajstić information content (AvgIpc) is 2.44. The zero-order valence-electron chi connectivity index (χ0n) is 14.2. The molecule has 1 unspecified atom stereocenters. The number of likely N-dealkylation sites (N-methyl/N-ethyl adjacent to an activating group) is 1. The minimum atomic E-state index is 0.144. The molecule has 2 rings (SSSR count). The number of hydrogen-bond acceptors (Lipinski definition) is 4. The minimum absolute atomic E-state index is 0.144. The van der Waals surface area contributed by atoms with E-state index in [0.717, 1.165) is 38.5 Å². The maximum absolute atomic E-state index is 4.57. The monoisotopic (exact) mass is 290 g/mol. The Hall–Kier alpha value is -1.13. The summed E-state index contributed by atoms with van der Waals surface area (Å²) in [7, 11) is 0. The molecule has 0 spiro atoms. The number of hydrogen-bond donors (Lipinski definition) is 1. The van der Waals surface area contributed by atoms with Gasteiger partial charge in [0.05, 0.1) is 0 Å². The van der Waals surface area contributed by atoms with Crippen molar-refractivity contribution in [2.45, 2.75) is 52.7 Å². The van der Waals surface area contributed by atoms with Gasteiger partial charge in [0.1, 0.15) is 5.82 Å². The second-order valence-corrected chi connectivity index (χ2v) is 7.05. The molecular weight excluding hydrogens is 260 g/mol. The van der Waals surface area contributed by atoms with Gasteiger partial charge in [-0.25, -0.2) is 4.98 Å². The quantitative estimate of drug-likeness (QED) is 0.923. The Morgan fingerprint density at radius 3 is 2.71 bits per heavy atom. The molecule has 0 bridgehead atoms. The van der Waals surface area contributed by atoms with E-state index in [2.05, 4.69) is 66.9 Å². The maximum Gasteiger partial charge on any atom is 0.128 e. The van der Waals surface area contributed by atoms with Crippen LogP contribution in [0, 0.1) is 0 Å². The van der Waals surface area contributed by atoms with E-state index in [1.165, 1.54) is 5.56 Å². The molecule has 1 aliphatic rings. The van der Waals surface area contributed by atoms with E-state index in [-0.39, 0.29) is 5.54 Å². The van der Waals surface area contributed by atoms with Crippen molar-refractivity contribution in [3.8, 4) is 0 Å². The first kappa shape index (κ1) is 16.2. The van der Waals surface area contributed by atoms with Crippen LogP contribution in [0.2, 0.25) is 0 Å². The van der Waals surface area contributed by atoms with Crippen LogP contribution < -0.4 is 10.2 Å². The lowest BCUT2D eigenvalue weighted by Gasteiger charge is -2.40. The smallest absolute Gasteiger partial charge is 0.128 e. The summed E-state index contributed by atoms with van der Waals surface area (Å²) < 4.78 is 0. The highest BCUT2D eigenvalue weighted by molar-refractivity contribution is 5.41. The Labute approximate surface area is 129 Å². The van der Waals surface area contributed by atoms with Gasteiger partial charge in [0.2, 0.25) is 0 Å². The van der Waals surface area contributed by atoms with Gasteiger partial charge in [0, 0.05) is 44.0 Å². The van der Waals surface area contributed by atoms with Crippen LogP contribution in [0.15, 0.2) is 18.3 Å². The zero-order valence-corrected chi connectivity index (χ0v) is 14.2. The molecule has 0 aromatic carbocycles. The molecule has 1 N–H and O–H groups in total. The standard InChI is InChI=1S/C17H30N4/c1-6-20-9-10-21(13-14(20)2)16-11-15(7-8-18-16)12-19-17(3,4)5/h7-8,11,14,19H,6,9-10,12-13H2,1-5H3. The first-order valence-electron chi connectivity index (χ1n) is 8.08. The number of nitrogens with one attached hydrogen (secondary N) is 1. The number of rotatable bonds is 4. The van der Waals surface area contributed by atoms with Crippen molar-refractivity contribution in [3.63, 3.8) is 0 Å². The largest absolute Gasteiger partial charge is 0.354 e. The molecule has 0 saturated carbocycles. The molecule has 118 valence electrons. The molecule has 0 radical (unpaired) electrons. The van der Waals surface area contributed by atoms with Gasteiger partial charge in [-0.1, -0.05) is 6.92 Å². The lowest BCUT2D eigenvalue weighted by atomic mass is 10.1. The molecule has 4 heteroatoms. The summed E-state index contributed by atoms with van der Waals surface area (Å²) >= 11 is 0. The number of piperazine rings is 1. The number of nitrogens with zero attached hydrogens (tertiary/aromatic N) is 3. The molecule has 21 heavy (non-hydrogen) atoms. The van der Waals surface area contributed by atoms with Crippen LogP contribution in [0.5, 0.6) is 0 Å². The summed E-state index contributed by atoms with van der Waals surface area (Å²) in [5, 5.41) is 3.54. The highest BCUT2D eigenvalue weighted by Gasteiger charge is 2.23. The fourth-order valence-corrected chi connectivity index (χ4v) is 2.78. The van der Waals surface area contributed by atoms with E-state index in [1.807, 2.05) is 6.20 Å². The molecule has 1 fully saturated rings. The Kier molecular flexibility index (Phi) is 5.22. The third-order valence-electron chi connectivity index (χ3n) is 4.13. The van der Waals surface area contributed by atoms with Crippen molar-refractivity contribution < 1.29 is 0 Å². The first-order chi connectivity index (χ1) is 9.89. The number of aromatic nitrogens is 1. The fourth-order valence-electron chi connectivity index (χ4n) is 2.78. The number of pyridine rings is 1. The molecule has 1 atom stereocenters. The van der Waals surface area contributed by atoms with Gasteiger partial charge in [-0.15, -0.1) is 0 Å². The molecule has 1 aromatic heterocycles. The van der Waals surface area contributed by atoms with E-state index in [4.69, 9.17) is 0 Å². The molecule has 0 aliphatic carbocycles. The Balaban J connectivity index is 2.01. The second kappa shape index (κ2) is 6.75. The van der Waals surface area contributed by atoms with Gasteiger partial charge in [0.25, 0.3) is 0 Å². The van der Waals surface area contributed by atoms with Gasteiger partial charge in [-0.3, -0.25) is 4.90 Å². The molecule has 4 nitrogen and oxygen atoms in total. The molecular formula is C17H30N4. The Morgan fingerprint density at radius 1 is 1.33 bits per heavy atom. The van der Waals surface area contributed by atoms with Crippen molar-refractivity contribution >= 4 is 5.82 Å². The fraction of sp³-hybridized carbons (Fsp3) is 0.706. The van der Waals surface area contributed by atoms with Crippen LogP contribution in [-0.4, -0.2) is 47.6 Å². The summed E-state index contributed by atoms with van der Waals surface area (Å²) in [5.41, 5.74) is 1.45. The minimum Gasteiger partial charge on any atom is -0.354 e. The van der Waals surface area contributed by atoms with Gasteiger partial charge in [0.15, 0.2) is 0 Å². The van der Waals surface area contributed by atoms with E-state index in [1.54, 1.807) is 0 Å². The van der Waals surface area contributed by atoms with Crippen LogP contribution in [0.1, 0.15) is 40.2 Å². The second-order valence-electron chi connectivity index (χ2n) is 7.05. The molecule has 0 amide bonds. The zero-order chi connectivity index (χ0) is 15.5. The molecule has 1 aliphatic heterocycles. The van der Waals surface area contributed by atoms with Gasteiger partial charge in [-0.05, 0) is 51.9 Å². The topological polar surface area (TPSA) is 31.4 Å². The van der Waals surface area contributed by atoms with Crippen LogP contribution in [0.3, 0.4) is 0 Å². The first-order valence-corrected chi connectivity index (χ1v) is 8.08. The van der Waals surface area contributed by atoms with Crippen molar-refractivity contribution in [3.05, 3.63) is 23.9 Å². The molecule has 1 aromatic rings. The Bertz CT molecular complexity index is 452. The predicted molar refractivity (Wildman–Crippen MR) is 89.8 cm³/mol. The van der Waals surface area contributed by atoms with Crippen molar-refractivity contribution in [1.29, 1.82) is 0 Å². The highest BCUT2D eigenvalue weighted by Crippen LogP contribution is 2.18. The van der Waals surface area contributed by atoms with E-state index >= 15 is 0 Å². The highest BCUT2D eigenvalue weighted by atomic mass is 15.3. The van der Waals surface area contributed by atoms with Gasteiger partial charge >= 0.3 is 0 Å². The lowest BCUT2D eigenvalue weighted by Crippen LogP contribution is -2.52. The van der Waals surface area contributed by atoms with Crippen molar-refractivity contribution in [2.24, 2.45) is 0 Å². The van der Waals surface area contributed by atoms with Crippen LogP contribution >= 0.6 is 0 Å². The maximum atomic E-state index is 4.57. The summed E-state index contributed by atoms with van der Waals surface area (Å²) in [6.07, 6.45) is 1.94. The summed E-state index contributed by atoms with van der Waals surface area (Å²) in [6, 6.07) is 4.93. The summed E-state index contributed by atoms with van der Waals surface area (Å²) in [5.74, 6) is 1.12. The van der Waals surface area contributed by atoms with Crippen LogP contribution in [0.4, 0.5) is 5.82 Å². The van der Waals surface area contributed by atoms with Crippen molar-refractivity contribution in [1.82, 2.24) is 15.2 Å². The average molecular weight is 290 g/mol. The summed E-state index contributed by atoms with van der Waals surface area (Å²) in [6.45, 7) is 16.4. The van der Waals surface area contributed by atoms with Crippen LogP contribution in [-0.2, 0) is 6.54 Å². The van der Waals surface area contributed by atoms with E-state index in [9.17, 15) is 0 Å². The Morgan fingerprint density at radius 2 is 2.10 bits per heavy atom. The molecule has 2 heterocycles. The van der Waals surface area contributed by atoms with Crippen LogP contribution in [0.25, 0.3) is 0 Å². The number of anilines is 1. The molecule has 1 saturated heterocycles. The van der Waals surface area contributed by atoms with Gasteiger partial charge < -0.3 is 10.2 Å². The summed E-state index contributed by atoms with van der Waals surface area (Å²) in [4.78, 5) is 9.52. The predicted octanol–water partition coefficient (Wildman–Crippen LogP) is 2.50. The van der Waals surface area contributed by atoms with E-state index in [0.29, 0.717) is 6.04 Å². The van der Waals surface area contributed by atoms with E-state index < -0.39 is 0 Å². The van der Waals surface area contributed by atoms with Crippen molar-refractivity contribution in [2.75, 3.05) is 31.1 Å². The van der Waals surface area contributed by atoms with Gasteiger partial charge in [-0.2, -0.15) is 0 Å². The third-order valence-corrected chi connectivity index (χ3v) is 4.13. The third kappa shape index (κ3) is 4.68.